The standard InChI is InChI=1S/C24H20Cl2N4O3S/c1-32-18-9-7-17(8-10-18)30-23(15-4-3-5-19(12-15)33-2)28-29-24(30)34-14-22(31)27-16-6-11-20(25)21(26)13-16/h3-13H,14H2,1-2H3,(H,27,31). The Balaban J connectivity index is 1.61. The van der Waals surface area contributed by atoms with Gasteiger partial charge in [-0.15, -0.1) is 10.2 Å². The van der Waals surface area contributed by atoms with Crippen LogP contribution in [-0.2, 0) is 4.79 Å². The number of ether oxygens (including phenoxy) is 2. The SMILES string of the molecule is COc1ccc(-n2c(SCC(=O)Nc3ccc(Cl)c(Cl)c3)nnc2-c2cccc(OC)c2)cc1. The molecule has 0 aliphatic carbocycles. The van der Waals surface area contributed by atoms with E-state index in [2.05, 4.69) is 15.5 Å². The lowest BCUT2D eigenvalue weighted by molar-refractivity contribution is -0.113. The van der Waals surface area contributed by atoms with Crippen molar-refractivity contribution in [1.82, 2.24) is 14.8 Å². The van der Waals surface area contributed by atoms with Gasteiger partial charge < -0.3 is 14.8 Å². The number of amides is 1. The Hall–Kier alpha value is -3.20. The Morgan fingerprint density at radius 2 is 1.71 bits per heavy atom. The summed E-state index contributed by atoms with van der Waals surface area (Å²) < 4.78 is 12.5. The van der Waals surface area contributed by atoms with Crippen molar-refractivity contribution >= 4 is 46.6 Å². The maximum Gasteiger partial charge on any atom is 0.234 e. The fourth-order valence-electron chi connectivity index (χ4n) is 3.18. The lowest BCUT2D eigenvalue weighted by Gasteiger charge is -2.12. The molecular formula is C24H20Cl2N4O3S. The number of thioether (sulfide) groups is 1. The Morgan fingerprint density at radius 1 is 0.941 bits per heavy atom. The zero-order valence-corrected chi connectivity index (χ0v) is 20.6. The summed E-state index contributed by atoms with van der Waals surface area (Å²) in [5.74, 6) is 1.96. The Kier molecular flexibility index (Phi) is 7.62. The van der Waals surface area contributed by atoms with Crippen molar-refractivity contribution in [2.45, 2.75) is 5.16 Å². The summed E-state index contributed by atoms with van der Waals surface area (Å²) in [6, 6.07) is 20.0. The zero-order valence-electron chi connectivity index (χ0n) is 18.3. The van der Waals surface area contributed by atoms with Gasteiger partial charge in [0, 0.05) is 16.9 Å². The van der Waals surface area contributed by atoms with E-state index in [0.29, 0.717) is 32.5 Å². The number of benzene rings is 3. The molecule has 0 aliphatic heterocycles. The van der Waals surface area contributed by atoms with E-state index in [4.69, 9.17) is 32.7 Å². The smallest absolute Gasteiger partial charge is 0.234 e. The van der Waals surface area contributed by atoms with Crippen LogP contribution in [0.1, 0.15) is 0 Å². The van der Waals surface area contributed by atoms with Crippen LogP contribution in [0.25, 0.3) is 17.1 Å². The number of rotatable bonds is 8. The van der Waals surface area contributed by atoms with Crippen molar-refractivity contribution in [1.29, 1.82) is 0 Å². The highest BCUT2D eigenvalue weighted by atomic mass is 35.5. The molecule has 1 heterocycles. The molecule has 10 heteroatoms. The van der Waals surface area contributed by atoms with E-state index in [1.54, 1.807) is 32.4 Å². The third kappa shape index (κ3) is 5.47. The van der Waals surface area contributed by atoms with E-state index >= 15 is 0 Å². The van der Waals surface area contributed by atoms with Gasteiger partial charge in [-0.3, -0.25) is 9.36 Å². The molecule has 0 bridgehead atoms. The van der Waals surface area contributed by atoms with Gasteiger partial charge >= 0.3 is 0 Å². The average Bonchev–Trinajstić information content (AvgIpc) is 3.29. The molecule has 34 heavy (non-hydrogen) atoms. The monoisotopic (exact) mass is 514 g/mol. The molecule has 4 rings (SSSR count). The van der Waals surface area contributed by atoms with Crippen LogP contribution in [0.4, 0.5) is 5.69 Å². The summed E-state index contributed by atoms with van der Waals surface area (Å²) >= 11 is 13.2. The minimum absolute atomic E-state index is 0.118. The van der Waals surface area contributed by atoms with Crippen molar-refractivity contribution in [3.05, 3.63) is 76.8 Å². The largest absolute Gasteiger partial charge is 0.497 e. The molecule has 174 valence electrons. The van der Waals surface area contributed by atoms with Gasteiger partial charge in [0.25, 0.3) is 0 Å². The Morgan fingerprint density at radius 3 is 2.41 bits per heavy atom. The van der Waals surface area contributed by atoms with Crippen molar-refractivity contribution in [3.8, 4) is 28.6 Å². The van der Waals surface area contributed by atoms with E-state index < -0.39 is 0 Å². The van der Waals surface area contributed by atoms with Gasteiger partial charge in [-0.25, -0.2) is 0 Å². The highest BCUT2D eigenvalue weighted by Gasteiger charge is 2.18. The molecule has 0 aliphatic rings. The number of aromatic nitrogens is 3. The number of carbonyl (C=O) groups is 1. The normalized spacial score (nSPS) is 10.7. The number of halogens is 2. The van der Waals surface area contributed by atoms with Gasteiger partial charge in [-0.05, 0) is 54.6 Å². The van der Waals surface area contributed by atoms with E-state index in [-0.39, 0.29) is 11.7 Å². The molecule has 0 saturated heterocycles. The van der Waals surface area contributed by atoms with Crippen LogP contribution in [-0.4, -0.2) is 40.6 Å². The molecule has 3 aromatic carbocycles. The second-order valence-corrected chi connectivity index (χ2v) is 8.79. The maximum atomic E-state index is 12.6. The molecule has 1 N–H and O–H groups in total. The highest BCUT2D eigenvalue weighted by molar-refractivity contribution is 7.99. The van der Waals surface area contributed by atoms with Crippen LogP contribution >= 0.6 is 35.0 Å². The number of methoxy groups -OCH3 is 2. The van der Waals surface area contributed by atoms with Gasteiger partial charge in [-0.1, -0.05) is 47.1 Å². The van der Waals surface area contributed by atoms with Crippen molar-refractivity contribution < 1.29 is 14.3 Å². The third-order valence-corrected chi connectivity index (χ3v) is 6.50. The first-order valence-corrected chi connectivity index (χ1v) is 11.8. The number of hydrogen-bond donors (Lipinski definition) is 1. The molecule has 0 fully saturated rings. The fourth-order valence-corrected chi connectivity index (χ4v) is 4.23. The first-order valence-electron chi connectivity index (χ1n) is 10.1. The van der Waals surface area contributed by atoms with Gasteiger partial charge in [0.05, 0.1) is 30.0 Å². The van der Waals surface area contributed by atoms with Crippen LogP contribution in [0.15, 0.2) is 71.9 Å². The van der Waals surface area contributed by atoms with Gasteiger partial charge in [0.1, 0.15) is 11.5 Å². The predicted octanol–water partition coefficient (Wildman–Crippen LogP) is 5.99. The van der Waals surface area contributed by atoms with Crippen molar-refractivity contribution in [3.63, 3.8) is 0 Å². The molecule has 0 radical (unpaired) electrons. The molecule has 0 saturated carbocycles. The summed E-state index contributed by atoms with van der Waals surface area (Å²) in [7, 11) is 3.23. The molecule has 0 spiro atoms. The van der Waals surface area contributed by atoms with Crippen LogP contribution in [0.3, 0.4) is 0 Å². The summed E-state index contributed by atoms with van der Waals surface area (Å²) in [4.78, 5) is 12.6. The number of anilines is 1. The Bertz CT molecular complexity index is 1310. The zero-order chi connectivity index (χ0) is 24.1. The summed E-state index contributed by atoms with van der Waals surface area (Å²) in [5.41, 5.74) is 2.22. The molecule has 0 atom stereocenters. The second-order valence-electron chi connectivity index (χ2n) is 7.04. The van der Waals surface area contributed by atoms with Gasteiger partial charge in [0.15, 0.2) is 11.0 Å². The molecule has 1 aromatic heterocycles. The Labute approximate surface area is 211 Å². The van der Waals surface area contributed by atoms with E-state index in [0.717, 1.165) is 17.0 Å². The topological polar surface area (TPSA) is 78.3 Å². The first-order chi connectivity index (χ1) is 16.5. The minimum Gasteiger partial charge on any atom is -0.497 e. The van der Waals surface area contributed by atoms with E-state index in [1.165, 1.54) is 11.8 Å². The predicted molar refractivity (Wildman–Crippen MR) is 136 cm³/mol. The van der Waals surface area contributed by atoms with Crippen LogP contribution in [0.5, 0.6) is 11.5 Å². The average molecular weight is 515 g/mol. The van der Waals surface area contributed by atoms with Crippen molar-refractivity contribution in [2.24, 2.45) is 0 Å². The fraction of sp³-hybridized carbons (Fsp3) is 0.125. The minimum atomic E-state index is -0.212. The third-order valence-electron chi connectivity index (χ3n) is 4.83. The molecule has 1 amide bonds. The number of carbonyl (C=O) groups excluding carboxylic acids is 1. The van der Waals surface area contributed by atoms with Crippen LogP contribution in [0, 0.1) is 0 Å². The lowest BCUT2D eigenvalue weighted by Crippen LogP contribution is -2.14. The highest BCUT2D eigenvalue weighted by Crippen LogP contribution is 2.31. The van der Waals surface area contributed by atoms with E-state index in [1.807, 2.05) is 53.1 Å². The molecule has 7 nitrogen and oxygen atoms in total. The summed E-state index contributed by atoms with van der Waals surface area (Å²) in [6.07, 6.45) is 0. The lowest BCUT2D eigenvalue weighted by atomic mass is 10.2. The molecule has 0 unspecified atom stereocenters. The number of hydrogen-bond acceptors (Lipinski definition) is 6. The van der Waals surface area contributed by atoms with Gasteiger partial charge in [-0.2, -0.15) is 0 Å². The molecule has 4 aromatic rings. The maximum absolute atomic E-state index is 12.6. The molecular weight excluding hydrogens is 495 g/mol. The van der Waals surface area contributed by atoms with Crippen molar-refractivity contribution in [2.75, 3.05) is 25.3 Å². The summed E-state index contributed by atoms with van der Waals surface area (Å²) in [5, 5.41) is 12.9. The number of nitrogens with one attached hydrogen (secondary N) is 1. The second kappa shape index (κ2) is 10.8. The van der Waals surface area contributed by atoms with Crippen LogP contribution < -0.4 is 14.8 Å². The first kappa shape index (κ1) is 23.9. The van der Waals surface area contributed by atoms with Crippen LogP contribution in [0.2, 0.25) is 10.0 Å². The van der Waals surface area contributed by atoms with Gasteiger partial charge in [0.2, 0.25) is 5.91 Å². The van der Waals surface area contributed by atoms with E-state index in [9.17, 15) is 4.79 Å². The quantitative estimate of drug-likeness (QED) is 0.291. The summed E-state index contributed by atoms with van der Waals surface area (Å²) in [6.45, 7) is 0. The number of nitrogens with zero attached hydrogens (tertiary/aromatic N) is 3.